The molecule has 2 atom stereocenters. The molecule has 0 aliphatic carbocycles. The van der Waals surface area contributed by atoms with Gasteiger partial charge in [0.15, 0.2) is 0 Å². The molecular formula is C15H23NO3. The van der Waals surface area contributed by atoms with Crippen LogP contribution in [0.25, 0.3) is 0 Å². The number of benzene rings is 1. The Kier molecular flexibility index (Phi) is 6.56. The van der Waals surface area contributed by atoms with E-state index in [0.29, 0.717) is 19.7 Å². The Labute approximate surface area is 114 Å². The standard InChI is InChI=1S/C15H23NO3/c1-11(2)10-19-14-6-4-13(5-7-14)15(18)9-16-8-12(3)17/h4-7,12,15-18H,1,8-10H2,2-3H3. The van der Waals surface area contributed by atoms with Gasteiger partial charge in [0, 0.05) is 13.1 Å². The third-order valence-corrected chi connectivity index (χ3v) is 2.53. The van der Waals surface area contributed by atoms with Crippen molar-refractivity contribution in [3.05, 3.63) is 42.0 Å². The Morgan fingerprint density at radius 2 is 1.89 bits per heavy atom. The number of ether oxygens (including phenoxy) is 1. The van der Waals surface area contributed by atoms with Crippen molar-refractivity contribution in [2.45, 2.75) is 26.1 Å². The molecule has 4 nitrogen and oxygen atoms in total. The molecular weight excluding hydrogens is 242 g/mol. The fourth-order valence-electron chi connectivity index (χ4n) is 1.54. The molecule has 0 heterocycles. The number of hydrogen-bond acceptors (Lipinski definition) is 4. The second-order valence-electron chi connectivity index (χ2n) is 4.84. The molecule has 0 amide bonds. The summed E-state index contributed by atoms with van der Waals surface area (Å²) in [5.41, 5.74) is 1.78. The lowest BCUT2D eigenvalue weighted by Crippen LogP contribution is -2.28. The number of hydrogen-bond donors (Lipinski definition) is 3. The summed E-state index contributed by atoms with van der Waals surface area (Å²) >= 11 is 0. The van der Waals surface area contributed by atoms with Crippen LogP contribution in [0.5, 0.6) is 5.75 Å². The monoisotopic (exact) mass is 265 g/mol. The van der Waals surface area contributed by atoms with Crippen molar-refractivity contribution in [2.24, 2.45) is 0 Å². The molecule has 0 saturated carbocycles. The number of nitrogens with one attached hydrogen (secondary N) is 1. The van der Waals surface area contributed by atoms with Crippen molar-refractivity contribution in [1.82, 2.24) is 5.32 Å². The second-order valence-corrected chi connectivity index (χ2v) is 4.84. The molecule has 0 spiro atoms. The molecule has 0 saturated heterocycles. The van der Waals surface area contributed by atoms with Gasteiger partial charge in [0.25, 0.3) is 0 Å². The van der Waals surface area contributed by atoms with Crippen LogP contribution in [-0.2, 0) is 0 Å². The average Bonchev–Trinajstić information content (AvgIpc) is 2.36. The minimum atomic E-state index is -0.589. The Hall–Kier alpha value is -1.36. The molecule has 106 valence electrons. The van der Waals surface area contributed by atoms with Crippen LogP contribution in [0.1, 0.15) is 25.5 Å². The van der Waals surface area contributed by atoms with E-state index < -0.39 is 12.2 Å². The van der Waals surface area contributed by atoms with Crippen molar-refractivity contribution in [3.63, 3.8) is 0 Å². The fourth-order valence-corrected chi connectivity index (χ4v) is 1.54. The quantitative estimate of drug-likeness (QED) is 0.625. The van der Waals surface area contributed by atoms with Crippen molar-refractivity contribution >= 4 is 0 Å². The first-order chi connectivity index (χ1) is 8.99. The highest BCUT2D eigenvalue weighted by atomic mass is 16.5. The molecule has 0 aromatic heterocycles. The van der Waals surface area contributed by atoms with Gasteiger partial charge in [0.05, 0.1) is 12.2 Å². The average molecular weight is 265 g/mol. The lowest BCUT2D eigenvalue weighted by Gasteiger charge is -2.14. The van der Waals surface area contributed by atoms with Gasteiger partial charge in [-0.25, -0.2) is 0 Å². The summed E-state index contributed by atoms with van der Waals surface area (Å²) in [6.07, 6.45) is -1.00. The van der Waals surface area contributed by atoms with Gasteiger partial charge in [-0.2, -0.15) is 0 Å². The van der Waals surface area contributed by atoms with Gasteiger partial charge in [-0.15, -0.1) is 0 Å². The normalized spacial score (nSPS) is 13.9. The predicted octanol–water partition coefficient (Wildman–Crippen LogP) is 1.65. The van der Waals surface area contributed by atoms with Gasteiger partial charge >= 0.3 is 0 Å². The van der Waals surface area contributed by atoms with E-state index in [4.69, 9.17) is 9.84 Å². The van der Waals surface area contributed by atoms with Crippen molar-refractivity contribution in [2.75, 3.05) is 19.7 Å². The summed E-state index contributed by atoms with van der Waals surface area (Å²) < 4.78 is 5.48. The van der Waals surface area contributed by atoms with Crippen LogP contribution in [0.3, 0.4) is 0 Å². The van der Waals surface area contributed by atoms with Crippen LogP contribution in [-0.4, -0.2) is 36.0 Å². The Morgan fingerprint density at radius 3 is 2.42 bits per heavy atom. The van der Waals surface area contributed by atoms with Gasteiger partial charge in [0.2, 0.25) is 0 Å². The van der Waals surface area contributed by atoms with E-state index in [1.165, 1.54) is 0 Å². The zero-order valence-electron chi connectivity index (χ0n) is 11.6. The molecule has 0 bridgehead atoms. The summed E-state index contributed by atoms with van der Waals surface area (Å²) in [4.78, 5) is 0. The van der Waals surface area contributed by atoms with Crippen molar-refractivity contribution < 1.29 is 14.9 Å². The number of rotatable bonds is 8. The first-order valence-electron chi connectivity index (χ1n) is 6.43. The van der Waals surface area contributed by atoms with Crippen LogP contribution in [0.4, 0.5) is 0 Å². The first-order valence-corrected chi connectivity index (χ1v) is 6.43. The maximum Gasteiger partial charge on any atom is 0.119 e. The topological polar surface area (TPSA) is 61.7 Å². The molecule has 2 unspecified atom stereocenters. The third-order valence-electron chi connectivity index (χ3n) is 2.53. The van der Waals surface area contributed by atoms with Crippen LogP contribution in [0.2, 0.25) is 0 Å². The largest absolute Gasteiger partial charge is 0.489 e. The third kappa shape index (κ3) is 6.38. The minimum absolute atomic E-state index is 0.412. The minimum Gasteiger partial charge on any atom is -0.489 e. The first kappa shape index (κ1) is 15.7. The number of aliphatic hydroxyl groups excluding tert-OH is 2. The molecule has 0 aliphatic rings. The van der Waals surface area contributed by atoms with E-state index in [1.54, 1.807) is 6.92 Å². The molecule has 4 heteroatoms. The molecule has 19 heavy (non-hydrogen) atoms. The lowest BCUT2D eigenvalue weighted by molar-refractivity contribution is 0.155. The van der Waals surface area contributed by atoms with Crippen LogP contribution in [0.15, 0.2) is 36.4 Å². The van der Waals surface area contributed by atoms with Crippen molar-refractivity contribution in [1.29, 1.82) is 0 Å². The molecule has 0 aliphatic heterocycles. The highest BCUT2D eigenvalue weighted by Gasteiger charge is 2.07. The van der Waals surface area contributed by atoms with E-state index in [1.807, 2.05) is 31.2 Å². The van der Waals surface area contributed by atoms with E-state index in [2.05, 4.69) is 11.9 Å². The van der Waals surface area contributed by atoms with Gasteiger partial charge in [0.1, 0.15) is 12.4 Å². The fraction of sp³-hybridized carbons (Fsp3) is 0.467. The maximum absolute atomic E-state index is 9.94. The van der Waals surface area contributed by atoms with Crippen LogP contribution in [0, 0.1) is 0 Å². The molecule has 0 radical (unpaired) electrons. The summed E-state index contributed by atoms with van der Waals surface area (Å²) in [6.45, 7) is 8.76. The van der Waals surface area contributed by atoms with E-state index in [-0.39, 0.29) is 0 Å². The zero-order valence-corrected chi connectivity index (χ0v) is 11.6. The molecule has 1 rings (SSSR count). The summed E-state index contributed by atoms with van der Waals surface area (Å²) in [5.74, 6) is 0.760. The van der Waals surface area contributed by atoms with Crippen LogP contribution >= 0.6 is 0 Å². The second kappa shape index (κ2) is 7.94. The van der Waals surface area contributed by atoms with Gasteiger partial charge < -0.3 is 20.3 Å². The Bertz CT molecular complexity index is 387. The van der Waals surface area contributed by atoms with E-state index >= 15 is 0 Å². The summed E-state index contributed by atoms with van der Waals surface area (Å²) in [6, 6.07) is 7.33. The molecule has 1 aromatic carbocycles. The van der Waals surface area contributed by atoms with Crippen LogP contribution < -0.4 is 10.1 Å². The summed E-state index contributed by atoms with van der Waals surface area (Å²) in [5, 5.41) is 22.0. The summed E-state index contributed by atoms with van der Waals surface area (Å²) in [7, 11) is 0. The molecule has 0 fully saturated rings. The predicted molar refractivity (Wildman–Crippen MR) is 76.3 cm³/mol. The lowest BCUT2D eigenvalue weighted by atomic mass is 10.1. The SMILES string of the molecule is C=C(C)COc1ccc(C(O)CNCC(C)O)cc1. The molecule has 1 aromatic rings. The maximum atomic E-state index is 9.94. The Morgan fingerprint density at radius 1 is 1.26 bits per heavy atom. The highest BCUT2D eigenvalue weighted by Crippen LogP contribution is 2.17. The van der Waals surface area contributed by atoms with E-state index in [0.717, 1.165) is 16.9 Å². The number of aliphatic hydroxyl groups is 2. The Balaban J connectivity index is 2.43. The van der Waals surface area contributed by atoms with Gasteiger partial charge in [-0.1, -0.05) is 18.7 Å². The smallest absolute Gasteiger partial charge is 0.119 e. The van der Waals surface area contributed by atoms with Gasteiger partial charge in [-0.3, -0.25) is 0 Å². The molecule has 3 N–H and O–H groups in total. The highest BCUT2D eigenvalue weighted by molar-refractivity contribution is 5.29. The van der Waals surface area contributed by atoms with Crippen molar-refractivity contribution in [3.8, 4) is 5.75 Å². The van der Waals surface area contributed by atoms with Gasteiger partial charge in [-0.05, 0) is 37.1 Å². The zero-order chi connectivity index (χ0) is 14.3. The van der Waals surface area contributed by atoms with E-state index in [9.17, 15) is 5.11 Å².